The van der Waals surface area contributed by atoms with E-state index in [1.165, 1.54) is 6.39 Å². The van der Waals surface area contributed by atoms with E-state index in [9.17, 15) is 0 Å². The summed E-state index contributed by atoms with van der Waals surface area (Å²) in [6, 6.07) is 12.3. The smallest absolute Gasteiger partial charge is 0.181 e. The van der Waals surface area contributed by atoms with Crippen LogP contribution in [0.15, 0.2) is 53.4 Å². The van der Waals surface area contributed by atoms with Crippen molar-refractivity contribution >= 4 is 0 Å². The van der Waals surface area contributed by atoms with Crippen molar-refractivity contribution in [3.63, 3.8) is 0 Å². The maximum Gasteiger partial charge on any atom is 0.181 e. The van der Waals surface area contributed by atoms with Crippen LogP contribution in [0.5, 0.6) is 0 Å². The van der Waals surface area contributed by atoms with E-state index in [1.54, 1.807) is 6.20 Å². The fraction of sp³-hybridized carbons (Fsp3) is 0.125. The minimum Gasteiger partial charge on any atom is -0.443 e. The monoisotopic (exact) mass is 249 g/mol. The molecular formula is C16H13N2O. The van der Waals surface area contributed by atoms with Crippen molar-refractivity contribution in [3.05, 3.63) is 60.9 Å². The van der Waals surface area contributed by atoms with E-state index in [2.05, 4.69) is 41.3 Å². The van der Waals surface area contributed by atoms with Gasteiger partial charge >= 0.3 is 0 Å². The van der Waals surface area contributed by atoms with Crippen LogP contribution in [0.3, 0.4) is 0 Å². The zero-order valence-corrected chi connectivity index (χ0v) is 10.6. The lowest BCUT2D eigenvalue weighted by molar-refractivity contribution is 0.571. The van der Waals surface area contributed by atoms with Gasteiger partial charge in [-0.3, -0.25) is 4.98 Å². The maximum atomic E-state index is 5.37. The molecule has 0 N–H and O–H groups in total. The Bertz CT molecular complexity index is 660. The second-order valence-electron chi connectivity index (χ2n) is 4.23. The van der Waals surface area contributed by atoms with Gasteiger partial charge in [0.25, 0.3) is 0 Å². The second-order valence-corrected chi connectivity index (χ2v) is 4.23. The Morgan fingerprint density at radius 3 is 2.74 bits per heavy atom. The first-order valence-electron chi connectivity index (χ1n) is 6.24. The Kier molecular flexibility index (Phi) is 3.11. The van der Waals surface area contributed by atoms with E-state index in [0.717, 1.165) is 28.8 Å². The number of pyridine rings is 1. The van der Waals surface area contributed by atoms with E-state index in [0.29, 0.717) is 5.76 Å². The molecule has 0 saturated carbocycles. The Labute approximate surface area is 112 Å². The molecule has 0 aliphatic heterocycles. The molecular weight excluding hydrogens is 236 g/mol. The molecule has 2 heterocycles. The number of hydrogen-bond acceptors (Lipinski definition) is 3. The molecule has 19 heavy (non-hydrogen) atoms. The van der Waals surface area contributed by atoms with Crippen molar-refractivity contribution in [2.75, 3.05) is 0 Å². The number of benzene rings is 1. The molecule has 2 aromatic heterocycles. The predicted molar refractivity (Wildman–Crippen MR) is 73.4 cm³/mol. The molecule has 0 fully saturated rings. The Balaban J connectivity index is 2.20. The largest absolute Gasteiger partial charge is 0.443 e. The van der Waals surface area contributed by atoms with Gasteiger partial charge in [0.15, 0.2) is 12.2 Å². The van der Waals surface area contributed by atoms with Crippen LogP contribution >= 0.6 is 0 Å². The van der Waals surface area contributed by atoms with Crippen molar-refractivity contribution < 1.29 is 4.42 Å². The molecule has 0 bridgehead atoms. The summed E-state index contributed by atoms with van der Waals surface area (Å²) >= 11 is 0. The number of aromatic nitrogens is 2. The highest BCUT2D eigenvalue weighted by molar-refractivity contribution is 5.80. The molecule has 93 valence electrons. The van der Waals surface area contributed by atoms with Gasteiger partial charge in [-0.15, -0.1) is 0 Å². The highest BCUT2D eigenvalue weighted by atomic mass is 16.3. The third-order valence-electron chi connectivity index (χ3n) is 3.02. The first-order valence-corrected chi connectivity index (χ1v) is 6.24. The van der Waals surface area contributed by atoms with Crippen LogP contribution in [0.1, 0.15) is 12.6 Å². The van der Waals surface area contributed by atoms with Crippen molar-refractivity contribution in [2.24, 2.45) is 0 Å². The minimum absolute atomic E-state index is 0.689. The first kappa shape index (κ1) is 11.7. The average Bonchev–Trinajstić information content (AvgIpc) is 3.01. The Morgan fingerprint density at radius 2 is 2.05 bits per heavy atom. The summed E-state index contributed by atoms with van der Waals surface area (Å²) in [6.45, 7) is 2.08. The lowest BCUT2D eigenvalue weighted by Crippen LogP contribution is -1.92. The molecule has 0 amide bonds. The van der Waals surface area contributed by atoms with E-state index in [-0.39, 0.29) is 0 Å². The molecule has 1 radical (unpaired) electrons. The molecule has 0 aliphatic carbocycles. The van der Waals surface area contributed by atoms with Crippen LogP contribution in [-0.2, 0) is 6.42 Å². The van der Waals surface area contributed by atoms with Gasteiger partial charge < -0.3 is 4.42 Å². The van der Waals surface area contributed by atoms with Crippen molar-refractivity contribution in [1.82, 2.24) is 9.97 Å². The first-order chi connectivity index (χ1) is 9.38. The lowest BCUT2D eigenvalue weighted by Gasteiger charge is -2.08. The second kappa shape index (κ2) is 5.06. The van der Waals surface area contributed by atoms with Gasteiger partial charge in [0.05, 0.1) is 11.8 Å². The lowest BCUT2D eigenvalue weighted by atomic mass is 9.99. The van der Waals surface area contributed by atoms with Gasteiger partial charge in [-0.25, -0.2) is 4.98 Å². The highest BCUT2D eigenvalue weighted by Crippen LogP contribution is 2.31. The van der Waals surface area contributed by atoms with Crippen LogP contribution in [0.25, 0.3) is 22.5 Å². The molecule has 3 rings (SSSR count). The van der Waals surface area contributed by atoms with Gasteiger partial charge in [0.2, 0.25) is 0 Å². The van der Waals surface area contributed by atoms with Crippen molar-refractivity contribution in [3.8, 4) is 22.5 Å². The normalized spacial score (nSPS) is 10.6. The van der Waals surface area contributed by atoms with Gasteiger partial charge in [0.1, 0.15) is 6.20 Å². The molecule has 0 unspecified atom stereocenters. The van der Waals surface area contributed by atoms with Crippen LogP contribution < -0.4 is 0 Å². The Hall–Kier alpha value is -2.42. The molecule has 3 heteroatoms. The van der Waals surface area contributed by atoms with E-state index >= 15 is 0 Å². The summed E-state index contributed by atoms with van der Waals surface area (Å²) in [6.07, 6.45) is 7.06. The zero-order valence-electron chi connectivity index (χ0n) is 10.6. The van der Waals surface area contributed by atoms with Crippen LogP contribution in [0.4, 0.5) is 0 Å². The number of rotatable bonds is 3. The van der Waals surface area contributed by atoms with Crippen LogP contribution in [0, 0.1) is 6.20 Å². The maximum absolute atomic E-state index is 5.37. The third kappa shape index (κ3) is 2.27. The summed E-state index contributed by atoms with van der Waals surface area (Å²) in [5.41, 5.74) is 4.06. The predicted octanol–water partition coefficient (Wildman–Crippen LogP) is 3.77. The summed E-state index contributed by atoms with van der Waals surface area (Å²) in [5, 5.41) is 0. The summed E-state index contributed by atoms with van der Waals surface area (Å²) in [4.78, 5) is 8.29. The standard InChI is InChI=1S/C16H13N2O/c1-2-13-8-14(12-6-4-3-5-7-12)15(9-18-13)16-10-17-11-19-16/h3-8,10-11H,2H2,1H3. The van der Waals surface area contributed by atoms with Gasteiger partial charge in [-0.2, -0.15) is 0 Å². The summed E-state index contributed by atoms with van der Waals surface area (Å²) < 4.78 is 5.37. The molecule has 1 aromatic carbocycles. The molecule has 0 spiro atoms. The summed E-state index contributed by atoms with van der Waals surface area (Å²) in [5.74, 6) is 0.689. The van der Waals surface area contributed by atoms with E-state index < -0.39 is 0 Å². The number of hydrogen-bond donors (Lipinski definition) is 0. The van der Waals surface area contributed by atoms with E-state index in [4.69, 9.17) is 4.42 Å². The minimum atomic E-state index is 0.689. The topological polar surface area (TPSA) is 38.9 Å². The number of oxazole rings is 1. The quantitative estimate of drug-likeness (QED) is 0.709. The van der Waals surface area contributed by atoms with Gasteiger partial charge in [-0.1, -0.05) is 37.3 Å². The summed E-state index contributed by atoms with van der Waals surface area (Å²) in [7, 11) is 0. The van der Waals surface area contributed by atoms with Crippen molar-refractivity contribution in [2.45, 2.75) is 13.3 Å². The third-order valence-corrected chi connectivity index (χ3v) is 3.02. The van der Waals surface area contributed by atoms with Crippen LogP contribution in [-0.4, -0.2) is 9.97 Å². The number of nitrogens with zero attached hydrogens (tertiary/aromatic N) is 2. The van der Waals surface area contributed by atoms with Crippen molar-refractivity contribution in [1.29, 1.82) is 0 Å². The molecule has 0 atom stereocenters. The van der Waals surface area contributed by atoms with Crippen LogP contribution in [0.2, 0.25) is 0 Å². The fourth-order valence-electron chi connectivity index (χ4n) is 2.01. The molecule has 3 aromatic rings. The highest BCUT2D eigenvalue weighted by Gasteiger charge is 2.12. The molecule has 3 nitrogen and oxygen atoms in total. The zero-order chi connectivity index (χ0) is 13.1. The molecule has 0 aliphatic rings. The van der Waals surface area contributed by atoms with Gasteiger partial charge in [0, 0.05) is 5.69 Å². The van der Waals surface area contributed by atoms with E-state index in [1.807, 2.05) is 18.2 Å². The fourth-order valence-corrected chi connectivity index (χ4v) is 2.01. The molecule has 0 saturated heterocycles. The number of aryl methyl sites for hydroxylation is 1. The Morgan fingerprint density at radius 1 is 1.21 bits per heavy atom. The average molecular weight is 249 g/mol. The van der Waals surface area contributed by atoms with Gasteiger partial charge in [-0.05, 0) is 23.6 Å². The SMILES string of the molecule is CCc1cc(-c2ccccc2)c(-c2cnco2)[c]n1.